The van der Waals surface area contributed by atoms with Gasteiger partial charge in [-0.3, -0.25) is 9.89 Å². The number of halogens is 1. The highest BCUT2D eigenvalue weighted by atomic mass is 19.1. The summed E-state index contributed by atoms with van der Waals surface area (Å²) in [5.74, 6) is 0.384. The van der Waals surface area contributed by atoms with Gasteiger partial charge in [-0.2, -0.15) is 5.10 Å². The van der Waals surface area contributed by atoms with Crippen LogP contribution in [0.4, 0.5) is 4.39 Å². The van der Waals surface area contributed by atoms with Gasteiger partial charge in [-0.25, -0.2) is 4.39 Å². The van der Waals surface area contributed by atoms with Gasteiger partial charge in [0.1, 0.15) is 11.6 Å². The van der Waals surface area contributed by atoms with E-state index in [1.807, 2.05) is 6.20 Å². The van der Waals surface area contributed by atoms with Crippen LogP contribution in [0, 0.1) is 5.82 Å². The smallest absolute Gasteiger partial charge is 0.251 e. The first-order valence-electron chi connectivity index (χ1n) is 9.73. The Morgan fingerprint density at radius 3 is 2.97 bits per heavy atom. The highest BCUT2D eigenvalue weighted by Crippen LogP contribution is 2.33. The summed E-state index contributed by atoms with van der Waals surface area (Å²) in [6.07, 6.45) is 4.23. The molecule has 0 aliphatic heterocycles. The lowest BCUT2D eigenvalue weighted by atomic mass is 9.93. The molecule has 0 bridgehead atoms. The number of carbonyl (C=O) groups excluding carboxylic acids is 1. The van der Waals surface area contributed by atoms with Crippen molar-refractivity contribution in [3.63, 3.8) is 0 Å². The third-order valence-corrected chi connectivity index (χ3v) is 5.17. The molecule has 0 radical (unpaired) electrons. The molecule has 156 valence electrons. The fourth-order valence-electron chi connectivity index (χ4n) is 3.63. The molecule has 1 aromatic heterocycles. The first-order valence-corrected chi connectivity index (χ1v) is 9.73. The number of rotatable bonds is 6. The topological polar surface area (TPSA) is 102 Å². The van der Waals surface area contributed by atoms with Crippen LogP contribution in [0.3, 0.4) is 0 Å². The van der Waals surface area contributed by atoms with Gasteiger partial charge in [0, 0.05) is 29.9 Å². The minimum atomic E-state index is -0.447. The van der Waals surface area contributed by atoms with E-state index >= 15 is 0 Å². The van der Waals surface area contributed by atoms with E-state index in [1.165, 1.54) is 19.2 Å². The van der Waals surface area contributed by atoms with Crippen LogP contribution in [0.15, 0.2) is 42.6 Å². The number of aromatic nitrogens is 2. The van der Waals surface area contributed by atoms with Gasteiger partial charge in [-0.15, -0.1) is 0 Å². The number of aryl methyl sites for hydroxylation is 1. The summed E-state index contributed by atoms with van der Waals surface area (Å²) in [7, 11) is 1.50. The average Bonchev–Trinajstić information content (AvgIpc) is 3.21. The van der Waals surface area contributed by atoms with Crippen molar-refractivity contribution in [1.29, 1.82) is 0 Å². The maximum atomic E-state index is 13.8. The molecule has 0 fully saturated rings. The van der Waals surface area contributed by atoms with E-state index in [0.29, 0.717) is 22.6 Å². The molecule has 8 heteroatoms. The van der Waals surface area contributed by atoms with E-state index in [9.17, 15) is 9.18 Å². The largest absolute Gasteiger partial charge is 0.493 e. The molecular weight excluding hydrogens is 387 g/mol. The van der Waals surface area contributed by atoms with E-state index in [4.69, 9.17) is 15.2 Å². The van der Waals surface area contributed by atoms with Gasteiger partial charge >= 0.3 is 0 Å². The van der Waals surface area contributed by atoms with Gasteiger partial charge in [-0.1, -0.05) is 0 Å². The first-order chi connectivity index (χ1) is 14.6. The maximum absolute atomic E-state index is 13.8. The Hall–Kier alpha value is -3.39. The van der Waals surface area contributed by atoms with Crippen molar-refractivity contribution >= 4 is 5.91 Å². The van der Waals surface area contributed by atoms with Gasteiger partial charge < -0.3 is 20.5 Å². The third-order valence-electron chi connectivity index (χ3n) is 5.17. The Morgan fingerprint density at radius 2 is 2.17 bits per heavy atom. The predicted molar refractivity (Wildman–Crippen MR) is 109 cm³/mol. The maximum Gasteiger partial charge on any atom is 0.251 e. The van der Waals surface area contributed by atoms with Crippen molar-refractivity contribution in [3.05, 3.63) is 70.8 Å². The molecule has 1 aliphatic rings. The van der Waals surface area contributed by atoms with Crippen LogP contribution in [0.25, 0.3) is 0 Å². The van der Waals surface area contributed by atoms with Crippen LogP contribution < -0.4 is 20.5 Å². The number of hydrogen-bond donors (Lipinski definition) is 3. The number of nitrogens with one attached hydrogen (secondary N) is 2. The van der Waals surface area contributed by atoms with E-state index in [-0.39, 0.29) is 24.2 Å². The van der Waals surface area contributed by atoms with Crippen molar-refractivity contribution in [2.45, 2.75) is 31.8 Å². The summed E-state index contributed by atoms with van der Waals surface area (Å²) in [5.41, 5.74) is 8.91. The second-order valence-corrected chi connectivity index (χ2v) is 7.25. The molecule has 4 N–H and O–H groups in total. The number of benzene rings is 2. The van der Waals surface area contributed by atoms with Crippen LogP contribution in [-0.4, -0.2) is 29.3 Å². The second-order valence-electron chi connectivity index (χ2n) is 7.25. The highest BCUT2D eigenvalue weighted by Gasteiger charge is 2.22. The fraction of sp³-hybridized carbons (Fsp3) is 0.273. The molecule has 3 aromatic rings. The lowest BCUT2D eigenvalue weighted by Gasteiger charge is -2.23. The van der Waals surface area contributed by atoms with Gasteiger partial charge in [0.25, 0.3) is 5.91 Å². The number of fused-ring (bicyclic) bond motifs is 1. The summed E-state index contributed by atoms with van der Waals surface area (Å²) < 4.78 is 25.0. The molecule has 0 spiro atoms. The highest BCUT2D eigenvalue weighted by molar-refractivity contribution is 5.95. The van der Waals surface area contributed by atoms with E-state index < -0.39 is 5.82 Å². The Labute approximate surface area is 173 Å². The molecule has 1 atom stereocenters. The number of carbonyl (C=O) groups is 1. The monoisotopic (exact) mass is 410 g/mol. The Balaban J connectivity index is 1.52. The zero-order valence-electron chi connectivity index (χ0n) is 16.6. The quantitative estimate of drug-likeness (QED) is 0.580. The van der Waals surface area contributed by atoms with Crippen LogP contribution >= 0.6 is 0 Å². The number of aromatic amines is 1. The standard InChI is InChI=1S/C22H23FN4O3/c1-29-20-5-2-14(9-21(20)30-18-7-13(11-24)6-16(23)10-18)22(28)26-17-3-4-19-15(8-17)12-25-27-19/h2,5-7,9-10,12,17H,3-4,8,11,24H2,1H3,(H,25,27)(H,26,28). The number of ether oxygens (including phenoxy) is 2. The van der Waals surface area contributed by atoms with Crippen molar-refractivity contribution < 1.29 is 18.7 Å². The molecule has 0 saturated heterocycles. The molecule has 4 rings (SSSR count). The number of H-pyrrole nitrogens is 1. The fourth-order valence-corrected chi connectivity index (χ4v) is 3.63. The SMILES string of the molecule is COc1ccc(C(=O)NC2CCc3[nH]ncc3C2)cc1Oc1cc(F)cc(CN)c1. The number of nitrogens with zero attached hydrogens (tertiary/aromatic N) is 1. The Bertz CT molecular complexity index is 1070. The minimum absolute atomic E-state index is 0.0319. The molecular formula is C22H23FN4O3. The molecule has 30 heavy (non-hydrogen) atoms. The van der Waals surface area contributed by atoms with Gasteiger partial charge in [-0.05, 0) is 60.7 Å². The predicted octanol–water partition coefficient (Wildman–Crippen LogP) is 3.10. The third kappa shape index (κ3) is 4.28. The normalized spacial score (nSPS) is 15.4. The molecule has 7 nitrogen and oxygen atoms in total. The zero-order valence-corrected chi connectivity index (χ0v) is 16.6. The minimum Gasteiger partial charge on any atom is -0.493 e. The van der Waals surface area contributed by atoms with Crippen LogP contribution in [0.1, 0.15) is 33.6 Å². The number of nitrogens with two attached hydrogens (primary N) is 1. The molecule has 0 saturated carbocycles. The summed E-state index contributed by atoms with van der Waals surface area (Å²) in [6.45, 7) is 0.188. The van der Waals surface area contributed by atoms with Crippen molar-refractivity contribution in [2.24, 2.45) is 5.73 Å². The molecule has 1 amide bonds. The van der Waals surface area contributed by atoms with Crippen LogP contribution in [0.5, 0.6) is 17.2 Å². The van der Waals surface area contributed by atoms with Gasteiger partial charge in [0.2, 0.25) is 0 Å². The van der Waals surface area contributed by atoms with Crippen molar-refractivity contribution in [1.82, 2.24) is 15.5 Å². The molecule has 1 unspecified atom stereocenters. The van der Waals surface area contributed by atoms with Gasteiger partial charge in [0.15, 0.2) is 11.5 Å². The molecule has 1 heterocycles. The lowest BCUT2D eigenvalue weighted by molar-refractivity contribution is 0.0933. The van der Waals surface area contributed by atoms with Gasteiger partial charge in [0.05, 0.1) is 13.3 Å². The molecule has 2 aromatic carbocycles. The summed E-state index contributed by atoms with van der Waals surface area (Å²) >= 11 is 0. The summed E-state index contributed by atoms with van der Waals surface area (Å²) in [6, 6.07) is 9.21. The number of hydrogen-bond acceptors (Lipinski definition) is 5. The Morgan fingerprint density at radius 1 is 1.30 bits per heavy atom. The second kappa shape index (κ2) is 8.54. The van der Waals surface area contributed by atoms with Crippen molar-refractivity contribution in [2.75, 3.05) is 7.11 Å². The number of amides is 1. The van der Waals surface area contributed by atoms with Crippen molar-refractivity contribution in [3.8, 4) is 17.2 Å². The van der Waals surface area contributed by atoms with Crippen LogP contribution in [0.2, 0.25) is 0 Å². The zero-order chi connectivity index (χ0) is 21.1. The van der Waals surface area contributed by atoms with E-state index in [0.717, 1.165) is 30.5 Å². The number of methoxy groups -OCH3 is 1. The lowest BCUT2D eigenvalue weighted by Crippen LogP contribution is -2.38. The molecule has 1 aliphatic carbocycles. The summed E-state index contributed by atoms with van der Waals surface area (Å²) in [4.78, 5) is 12.8. The Kier molecular flexibility index (Phi) is 5.67. The average molecular weight is 410 g/mol. The van der Waals surface area contributed by atoms with E-state index in [2.05, 4.69) is 15.5 Å². The summed E-state index contributed by atoms with van der Waals surface area (Å²) in [5, 5.41) is 10.1. The van der Waals surface area contributed by atoms with E-state index in [1.54, 1.807) is 24.3 Å². The van der Waals surface area contributed by atoms with Crippen LogP contribution in [-0.2, 0) is 19.4 Å². The first kappa shape index (κ1) is 19.9.